The summed E-state index contributed by atoms with van der Waals surface area (Å²) in [5.74, 6) is 0. The molecule has 1 aromatic carbocycles. The summed E-state index contributed by atoms with van der Waals surface area (Å²) < 4.78 is 49.0. The van der Waals surface area contributed by atoms with Crippen LogP contribution < -0.4 is 0 Å². The van der Waals surface area contributed by atoms with E-state index in [-0.39, 0.29) is 0 Å². The monoisotopic (exact) mass is 270 g/mol. The lowest BCUT2D eigenvalue weighted by atomic mass is 10.4. The number of hydrogen-bond donors (Lipinski definition) is 0. The molecule has 0 bridgehead atoms. The third-order valence-electron chi connectivity index (χ3n) is 1.60. The lowest BCUT2D eigenvalue weighted by Crippen LogP contribution is -2.07. The van der Waals surface area contributed by atoms with Gasteiger partial charge in [0.1, 0.15) is 9.79 Å². The largest absolute Gasteiger partial charge is 0.298 e. The fourth-order valence-corrected chi connectivity index (χ4v) is 3.41. The van der Waals surface area contributed by atoms with Gasteiger partial charge in [-0.2, -0.15) is 8.42 Å². The summed E-state index contributed by atoms with van der Waals surface area (Å²) in [6.45, 7) is 0. The molecule has 0 N–H and O–H groups in total. The van der Waals surface area contributed by atoms with Gasteiger partial charge in [-0.15, -0.1) is 0 Å². The highest BCUT2D eigenvalue weighted by Gasteiger charge is 2.24. The van der Waals surface area contributed by atoms with Crippen LogP contribution in [0.5, 0.6) is 0 Å². The van der Waals surface area contributed by atoms with Crippen LogP contribution in [-0.4, -0.2) is 23.9 Å². The van der Waals surface area contributed by atoms with Gasteiger partial charge in [0, 0.05) is 10.7 Å². The zero-order valence-corrected chi connectivity index (χ0v) is 9.93. The van der Waals surface area contributed by atoms with Gasteiger partial charge >= 0.3 is 0 Å². The van der Waals surface area contributed by atoms with Crippen molar-refractivity contribution in [3.05, 3.63) is 24.3 Å². The van der Waals surface area contributed by atoms with E-state index in [9.17, 15) is 16.8 Å². The summed E-state index contributed by atoms with van der Waals surface area (Å²) in [6, 6.07) is 4.93. The first-order chi connectivity index (χ1) is 6.79. The maximum absolute atomic E-state index is 11.3. The van der Waals surface area contributed by atoms with Crippen LogP contribution in [0.2, 0.25) is 0 Å². The lowest BCUT2D eigenvalue weighted by molar-refractivity contribution is 0.396. The van der Waals surface area contributed by atoms with Gasteiger partial charge in [-0.05, 0) is 12.1 Å². The summed E-state index contributed by atoms with van der Waals surface area (Å²) in [7, 11) is -2.17. The Morgan fingerprint density at radius 2 is 1.53 bits per heavy atom. The molecule has 84 valence electrons. The van der Waals surface area contributed by atoms with Crippen LogP contribution in [0, 0.1) is 0 Å². The van der Waals surface area contributed by atoms with Crippen LogP contribution in [0.25, 0.3) is 0 Å². The van der Waals surface area contributed by atoms with Gasteiger partial charge in [0.2, 0.25) is 0 Å². The predicted molar refractivity (Wildman–Crippen MR) is 53.7 cm³/mol. The summed E-state index contributed by atoms with van der Waals surface area (Å²) in [6.07, 6.45) is 0. The van der Waals surface area contributed by atoms with Crippen molar-refractivity contribution in [2.75, 3.05) is 7.11 Å². The molecule has 5 nitrogen and oxygen atoms in total. The minimum Gasteiger partial charge on any atom is -0.270 e. The van der Waals surface area contributed by atoms with Gasteiger partial charge in [-0.3, -0.25) is 4.18 Å². The zero-order chi connectivity index (χ0) is 11.7. The minimum absolute atomic E-state index is 0.470. The molecule has 0 atom stereocenters. The summed E-state index contributed by atoms with van der Waals surface area (Å²) >= 11 is 0. The molecule has 0 aliphatic carbocycles. The molecule has 0 aliphatic rings. The third kappa shape index (κ3) is 2.69. The fourth-order valence-electron chi connectivity index (χ4n) is 0.948. The normalized spacial score (nSPS) is 12.7. The molecule has 0 aliphatic heterocycles. The van der Waals surface area contributed by atoms with E-state index < -0.39 is 29.0 Å². The summed E-state index contributed by atoms with van der Waals surface area (Å²) in [5, 5.41) is 0. The zero-order valence-electron chi connectivity index (χ0n) is 7.55. The highest BCUT2D eigenvalue weighted by Crippen LogP contribution is 2.24. The second-order valence-electron chi connectivity index (χ2n) is 2.51. The van der Waals surface area contributed by atoms with Gasteiger partial charge < -0.3 is 0 Å². The van der Waals surface area contributed by atoms with Gasteiger partial charge in [0.15, 0.2) is 0 Å². The molecule has 0 spiro atoms. The van der Waals surface area contributed by atoms with Crippen molar-refractivity contribution in [2.45, 2.75) is 9.79 Å². The van der Waals surface area contributed by atoms with Crippen LogP contribution in [0.1, 0.15) is 0 Å². The van der Waals surface area contributed by atoms with Gasteiger partial charge in [0.25, 0.3) is 19.2 Å². The van der Waals surface area contributed by atoms with Crippen molar-refractivity contribution < 1.29 is 21.0 Å². The first-order valence-corrected chi connectivity index (χ1v) is 7.35. The molecule has 0 saturated heterocycles. The Morgan fingerprint density at radius 1 is 1.07 bits per heavy atom. The topological polar surface area (TPSA) is 77.5 Å². The second-order valence-corrected chi connectivity index (χ2v) is 6.72. The Balaban J connectivity index is 3.59. The molecular weight excluding hydrogens is 264 g/mol. The molecule has 0 amide bonds. The van der Waals surface area contributed by atoms with Gasteiger partial charge in [-0.1, -0.05) is 12.1 Å². The SMILES string of the molecule is COS(=O)(=O)c1ccccc1S(=O)(=O)Cl. The van der Waals surface area contributed by atoms with Crippen molar-refractivity contribution in [2.24, 2.45) is 0 Å². The Labute approximate surface area is 92.2 Å². The predicted octanol–water partition coefficient (Wildman–Crippen LogP) is 0.949. The number of hydrogen-bond acceptors (Lipinski definition) is 5. The number of benzene rings is 1. The standard InChI is InChI=1S/C7H7ClO5S2/c1-13-15(11,12)7-5-3-2-4-6(7)14(8,9)10/h2-5H,1H3. The van der Waals surface area contributed by atoms with E-state index >= 15 is 0 Å². The smallest absolute Gasteiger partial charge is 0.270 e. The highest BCUT2D eigenvalue weighted by atomic mass is 35.7. The van der Waals surface area contributed by atoms with E-state index in [1.807, 2.05) is 0 Å². The van der Waals surface area contributed by atoms with Gasteiger partial charge in [-0.25, -0.2) is 8.42 Å². The van der Waals surface area contributed by atoms with Crippen LogP contribution in [0.3, 0.4) is 0 Å². The second kappa shape index (κ2) is 4.09. The van der Waals surface area contributed by atoms with E-state index in [1.165, 1.54) is 12.1 Å². The Hall–Kier alpha value is -0.630. The highest BCUT2D eigenvalue weighted by molar-refractivity contribution is 8.14. The van der Waals surface area contributed by atoms with Gasteiger partial charge in [0.05, 0.1) is 7.11 Å². The molecule has 0 unspecified atom stereocenters. The number of rotatable bonds is 3. The average Bonchev–Trinajstić information content (AvgIpc) is 2.16. The molecule has 1 aromatic rings. The van der Waals surface area contributed by atoms with Crippen LogP contribution >= 0.6 is 10.7 Å². The molecule has 15 heavy (non-hydrogen) atoms. The van der Waals surface area contributed by atoms with Crippen LogP contribution in [0.15, 0.2) is 34.1 Å². The first-order valence-electron chi connectivity index (χ1n) is 3.63. The maximum atomic E-state index is 11.3. The Kier molecular flexibility index (Phi) is 3.39. The molecular formula is C7H7ClO5S2. The first kappa shape index (κ1) is 12.4. The van der Waals surface area contributed by atoms with E-state index in [2.05, 4.69) is 4.18 Å². The maximum Gasteiger partial charge on any atom is 0.298 e. The van der Waals surface area contributed by atoms with Crippen LogP contribution in [-0.2, 0) is 23.4 Å². The molecule has 8 heteroatoms. The van der Waals surface area contributed by atoms with Crippen molar-refractivity contribution in [3.63, 3.8) is 0 Å². The minimum atomic E-state index is -4.11. The average molecular weight is 271 g/mol. The van der Waals surface area contributed by atoms with Crippen molar-refractivity contribution in [1.82, 2.24) is 0 Å². The molecule has 0 saturated carbocycles. The lowest BCUT2D eigenvalue weighted by Gasteiger charge is -2.05. The molecule has 0 fully saturated rings. The van der Waals surface area contributed by atoms with E-state index in [0.29, 0.717) is 0 Å². The molecule has 1 rings (SSSR count). The van der Waals surface area contributed by atoms with Crippen molar-refractivity contribution in [3.8, 4) is 0 Å². The molecule has 0 aromatic heterocycles. The summed E-state index contributed by atoms with van der Waals surface area (Å²) in [4.78, 5) is -0.962. The van der Waals surface area contributed by atoms with Crippen molar-refractivity contribution >= 4 is 29.9 Å². The number of halogens is 1. The Morgan fingerprint density at radius 3 is 1.93 bits per heavy atom. The fraction of sp³-hybridized carbons (Fsp3) is 0.143. The van der Waals surface area contributed by atoms with E-state index in [1.54, 1.807) is 0 Å². The Bertz CT molecular complexity index is 561. The van der Waals surface area contributed by atoms with Crippen molar-refractivity contribution in [1.29, 1.82) is 0 Å². The molecule has 0 heterocycles. The molecule has 0 radical (unpaired) electrons. The van der Waals surface area contributed by atoms with E-state index in [4.69, 9.17) is 10.7 Å². The third-order valence-corrected chi connectivity index (χ3v) is 4.44. The quantitative estimate of drug-likeness (QED) is 0.604. The summed E-state index contributed by atoms with van der Waals surface area (Å²) in [5.41, 5.74) is 0. The van der Waals surface area contributed by atoms with E-state index in [0.717, 1.165) is 19.2 Å². The van der Waals surface area contributed by atoms with Crippen LogP contribution in [0.4, 0.5) is 0 Å².